The Morgan fingerprint density at radius 1 is 1.20 bits per heavy atom. The SMILES string of the molecule is [SiH3]C1CC1c1ccccc1. The van der Waals surface area contributed by atoms with Crippen molar-refractivity contribution in [2.75, 3.05) is 0 Å². The molecule has 2 rings (SSSR count). The third-order valence-electron chi connectivity index (χ3n) is 2.34. The smallest absolute Gasteiger partial charge is 0.00753 e. The quantitative estimate of drug-likeness (QED) is 0.527. The second kappa shape index (κ2) is 2.24. The molecule has 2 atom stereocenters. The van der Waals surface area contributed by atoms with Gasteiger partial charge in [-0.15, -0.1) is 0 Å². The summed E-state index contributed by atoms with van der Waals surface area (Å²) in [6.07, 6.45) is 1.45. The molecule has 0 bridgehead atoms. The molecule has 0 aromatic heterocycles. The van der Waals surface area contributed by atoms with Gasteiger partial charge in [0.1, 0.15) is 0 Å². The summed E-state index contributed by atoms with van der Waals surface area (Å²) in [5, 5.41) is 0. The first-order valence-corrected chi connectivity index (χ1v) is 5.08. The average molecular weight is 148 g/mol. The van der Waals surface area contributed by atoms with Gasteiger partial charge in [0, 0.05) is 10.2 Å². The fourth-order valence-corrected chi connectivity index (χ4v) is 2.38. The Balaban J connectivity index is 2.20. The molecule has 0 N–H and O–H groups in total. The molecule has 0 saturated heterocycles. The Morgan fingerprint density at radius 3 is 2.30 bits per heavy atom. The summed E-state index contributed by atoms with van der Waals surface area (Å²) in [5.74, 6) is 0.938. The van der Waals surface area contributed by atoms with Crippen molar-refractivity contribution in [3.05, 3.63) is 35.9 Å². The van der Waals surface area contributed by atoms with Crippen LogP contribution in [0.25, 0.3) is 0 Å². The van der Waals surface area contributed by atoms with E-state index in [1.165, 1.54) is 16.7 Å². The maximum absolute atomic E-state index is 2.25. The molecule has 0 amide bonds. The molecule has 1 aromatic carbocycles. The highest BCUT2D eigenvalue weighted by Crippen LogP contribution is 2.50. The minimum atomic E-state index is 0.938. The lowest BCUT2D eigenvalue weighted by Gasteiger charge is -1.94. The molecule has 0 spiro atoms. The van der Waals surface area contributed by atoms with Crippen LogP contribution in [0, 0.1) is 0 Å². The van der Waals surface area contributed by atoms with Crippen molar-refractivity contribution in [3.63, 3.8) is 0 Å². The molecule has 52 valence electrons. The van der Waals surface area contributed by atoms with Crippen LogP contribution in [0.1, 0.15) is 17.9 Å². The summed E-state index contributed by atoms with van der Waals surface area (Å²) in [6, 6.07) is 10.9. The van der Waals surface area contributed by atoms with Gasteiger partial charge in [-0.25, -0.2) is 0 Å². The summed E-state index contributed by atoms with van der Waals surface area (Å²) in [7, 11) is 1.38. The minimum absolute atomic E-state index is 0.938. The van der Waals surface area contributed by atoms with Gasteiger partial charge in [-0.3, -0.25) is 0 Å². The van der Waals surface area contributed by atoms with E-state index in [1.807, 2.05) is 0 Å². The fraction of sp³-hybridized carbons (Fsp3) is 0.333. The van der Waals surface area contributed by atoms with E-state index in [4.69, 9.17) is 0 Å². The maximum atomic E-state index is 2.25. The van der Waals surface area contributed by atoms with E-state index in [0.29, 0.717) is 0 Å². The van der Waals surface area contributed by atoms with Crippen LogP contribution < -0.4 is 0 Å². The van der Waals surface area contributed by atoms with Crippen molar-refractivity contribution < 1.29 is 0 Å². The van der Waals surface area contributed by atoms with Crippen LogP contribution in [0.2, 0.25) is 5.54 Å². The van der Waals surface area contributed by atoms with Gasteiger partial charge in [-0.2, -0.15) is 0 Å². The van der Waals surface area contributed by atoms with E-state index in [2.05, 4.69) is 30.3 Å². The first-order valence-electron chi connectivity index (χ1n) is 3.93. The summed E-state index contributed by atoms with van der Waals surface area (Å²) in [5.41, 5.74) is 2.63. The van der Waals surface area contributed by atoms with Gasteiger partial charge in [0.25, 0.3) is 0 Å². The third kappa shape index (κ3) is 1.01. The van der Waals surface area contributed by atoms with Crippen molar-refractivity contribution in [3.8, 4) is 0 Å². The van der Waals surface area contributed by atoms with Crippen molar-refractivity contribution in [1.29, 1.82) is 0 Å². The van der Waals surface area contributed by atoms with Crippen molar-refractivity contribution in [2.45, 2.75) is 17.9 Å². The Morgan fingerprint density at radius 2 is 1.80 bits per heavy atom. The number of hydrogen-bond acceptors (Lipinski definition) is 0. The normalized spacial score (nSPS) is 30.4. The van der Waals surface area contributed by atoms with Crippen molar-refractivity contribution >= 4 is 10.2 Å². The van der Waals surface area contributed by atoms with Crippen LogP contribution in [0.4, 0.5) is 0 Å². The first kappa shape index (κ1) is 6.17. The molecule has 0 heterocycles. The third-order valence-corrected chi connectivity index (χ3v) is 3.61. The summed E-state index contributed by atoms with van der Waals surface area (Å²) < 4.78 is 0. The second-order valence-electron chi connectivity index (χ2n) is 3.23. The lowest BCUT2D eigenvalue weighted by atomic mass is 10.1. The van der Waals surface area contributed by atoms with Gasteiger partial charge in [0.05, 0.1) is 0 Å². The van der Waals surface area contributed by atoms with Gasteiger partial charge < -0.3 is 0 Å². The van der Waals surface area contributed by atoms with Crippen molar-refractivity contribution in [2.24, 2.45) is 0 Å². The predicted octanol–water partition coefficient (Wildman–Crippen LogP) is 1.33. The Hall–Kier alpha value is -0.563. The van der Waals surface area contributed by atoms with Crippen LogP contribution >= 0.6 is 0 Å². The average Bonchev–Trinajstić information content (AvgIpc) is 2.69. The van der Waals surface area contributed by atoms with E-state index >= 15 is 0 Å². The van der Waals surface area contributed by atoms with Gasteiger partial charge in [0.15, 0.2) is 0 Å². The summed E-state index contributed by atoms with van der Waals surface area (Å²) in [6.45, 7) is 0. The number of benzene rings is 1. The second-order valence-corrected chi connectivity index (χ2v) is 4.71. The van der Waals surface area contributed by atoms with Crippen LogP contribution in [0.15, 0.2) is 30.3 Å². The Bertz CT molecular complexity index is 217. The molecule has 1 fully saturated rings. The van der Waals surface area contributed by atoms with E-state index in [1.54, 1.807) is 5.56 Å². The van der Waals surface area contributed by atoms with Crippen LogP contribution in [0.5, 0.6) is 0 Å². The molecule has 1 aromatic rings. The van der Waals surface area contributed by atoms with Gasteiger partial charge in [0.2, 0.25) is 0 Å². The molecule has 10 heavy (non-hydrogen) atoms. The Kier molecular flexibility index (Phi) is 1.38. The van der Waals surface area contributed by atoms with Gasteiger partial charge in [-0.1, -0.05) is 30.3 Å². The van der Waals surface area contributed by atoms with Gasteiger partial charge >= 0.3 is 0 Å². The molecule has 1 heteroatoms. The highest BCUT2D eigenvalue weighted by atomic mass is 28.1. The van der Waals surface area contributed by atoms with E-state index < -0.39 is 0 Å². The van der Waals surface area contributed by atoms with E-state index in [0.717, 1.165) is 11.5 Å². The zero-order valence-corrected chi connectivity index (χ0v) is 8.25. The molecular formula is C9H12Si. The topological polar surface area (TPSA) is 0 Å². The van der Waals surface area contributed by atoms with Crippen molar-refractivity contribution in [1.82, 2.24) is 0 Å². The Labute approximate surface area is 64.7 Å². The predicted molar refractivity (Wildman–Crippen MR) is 47.5 cm³/mol. The molecular weight excluding hydrogens is 136 g/mol. The highest BCUT2D eigenvalue weighted by Gasteiger charge is 2.33. The zero-order valence-electron chi connectivity index (χ0n) is 6.25. The molecule has 1 saturated carbocycles. The first-order chi connectivity index (χ1) is 4.88. The van der Waals surface area contributed by atoms with E-state index in [9.17, 15) is 0 Å². The molecule has 1 aliphatic carbocycles. The molecule has 1 aliphatic rings. The largest absolute Gasteiger partial charge is 0.0622 e. The minimum Gasteiger partial charge on any atom is -0.0622 e. The lowest BCUT2D eigenvalue weighted by Crippen LogP contribution is -1.77. The summed E-state index contributed by atoms with van der Waals surface area (Å²) >= 11 is 0. The molecule has 0 nitrogen and oxygen atoms in total. The van der Waals surface area contributed by atoms with Gasteiger partial charge in [-0.05, 0) is 23.4 Å². The van der Waals surface area contributed by atoms with Crippen LogP contribution in [0.3, 0.4) is 0 Å². The number of rotatable bonds is 1. The monoisotopic (exact) mass is 148 g/mol. The van der Waals surface area contributed by atoms with Crippen LogP contribution in [-0.4, -0.2) is 10.2 Å². The molecule has 0 radical (unpaired) electrons. The fourth-order valence-electron chi connectivity index (χ4n) is 1.49. The maximum Gasteiger partial charge on any atom is 0.00753 e. The zero-order chi connectivity index (χ0) is 6.97. The standard InChI is InChI=1S/C9H12Si/c10-9-6-8(9)7-4-2-1-3-5-7/h1-5,8-9H,6H2,10H3. The highest BCUT2D eigenvalue weighted by molar-refractivity contribution is 6.14. The molecule has 0 aliphatic heterocycles. The van der Waals surface area contributed by atoms with Crippen LogP contribution in [-0.2, 0) is 0 Å². The lowest BCUT2D eigenvalue weighted by molar-refractivity contribution is 1.13. The van der Waals surface area contributed by atoms with E-state index in [-0.39, 0.29) is 0 Å². The number of hydrogen-bond donors (Lipinski definition) is 0. The summed E-state index contributed by atoms with van der Waals surface area (Å²) in [4.78, 5) is 0. The molecule has 2 unspecified atom stereocenters.